The van der Waals surface area contributed by atoms with E-state index in [2.05, 4.69) is 20.3 Å². The first-order valence-corrected chi connectivity index (χ1v) is 10.3. The molecule has 3 rings (SSSR count). The minimum absolute atomic E-state index is 0.118. The summed E-state index contributed by atoms with van der Waals surface area (Å²) in [4.78, 5) is 40.9. The molecule has 160 valence electrons. The van der Waals surface area contributed by atoms with Crippen molar-refractivity contribution in [3.8, 4) is 0 Å². The number of carbonyl (C=O) groups is 2. The van der Waals surface area contributed by atoms with E-state index < -0.39 is 0 Å². The van der Waals surface area contributed by atoms with Crippen LogP contribution in [0.15, 0.2) is 36.8 Å². The van der Waals surface area contributed by atoms with E-state index in [1.54, 1.807) is 17.3 Å². The molecular weight excluding hydrogens is 384 g/mol. The van der Waals surface area contributed by atoms with Gasteiger partial charge in [-0.1, -0.05) is 6.07 Å². The van der Waals surface area contributed by atoms with Crippen LogP contribution < -0.4 is 10.2 Å². The third kappa shape index (κ3) is 6.85. The number of hydrogen-bond donors (Lipinski definition) is 2. The van der Waals surface area contributed by atoms with Gasteiger partial charge in [-0.15, -0.1) is 0 Å². The van der Waals surface area contributed by atoms with Crippen LogP contribution in [-0.2, 0) is 16.1 Å². The molecule has 0 radical (unpaired) electrons. The molecule has 2 amide bonds. The predicted molar refractivity (Wildman–Crippen MR) is 110 cm³/mol. The number of morpholine rings is 1. The van der Waals surface area contributed by atoms with Gasteiger partial charge in [-0.05, 0) is 19.1 Å². The molecule has 1 saturated heterocycles. The molecule has 0 bridgehead atoms. The van der Waals surface area contributed by atoms with Crippen LogP contribution in [0.25, 0.3) is 0 Å². The van der Waals surface area contributed by atoms with Gasteiger partial charge in [-0.3, -0.25) is 19.6 Å². The van der Waals surface area contributed by atoms with Gasteiger partial charge in [-0.25, -0.2) is 4.98 Å². The van der Waals surface area contributed by atoms with Crippen LogP contribution in [0.2, 0.25) is 0 Å². The highest BCUT2D eigenvalue weighted by atomic mass is 16.5. The Kier molecular flexibility index (Phi) is 8.22. The molecule has 0 spiro atoms. The number of quaternary nitrogens is 1. The first-order valence-electron chi connectivity index (χ1n) is 10.3. The van der Waals surface area contributed by atoms with Crippen LogP contribution in [0.5, 0.6) is 0 Å². The molecule has 9 heteroatoms. The molecule has 2 N–H and O–H groups in total. The lowest BCUT2D eigenvalue weighted by molar-refractivity contribution is -0.907. The van der Waals surface area contributed by atoms with Gasteiger partial charge in [0.15, 0.2) is 0 Å². The lowest BCUT2D eigenvalue weighted by Gasteiger charge is -2.27. The van der Waals surface area contributed by atoms with Crippen LogP contribution in [0.3, 0.4) is 0 Å². The average Bonchev–Trinajstić information content (AvgIpc) is 2.79. The van der Waals surface area contributed by atoms with Crippen LogP contribution in [0.4, 0.5) is 0 Å². The van der Waals surface area contributed by atoms with E-state index >= 15 is 0 Å². The van der Waals surface area contributed by atoms with Crippen LogP contribution >= 0.6 is 0 Å². The zero-order valence-electron chi connectivity index (χ0n) is 17.3. The van der Waals surface area contributed by atoms with Gasteiger partial charge in [-0.2, -0.15) is 0 Å². The monoisotopic (exact) mass is 413 g/mol. The van der Waals surface area contributed by atoms with Gasteiger partial charge >= 0.3 is 0 Å². The van der Waals surface area contributed by atoms with Crippen molar-refractivity contribution in [1.29, 1.82) is 0 Å². The van der Waals surface area contributed by atoms with Gasteiger partial charge in [0.1, 0.15) is 18.8 Å². The Morgan fingerprint density at radius 2 is 1.97 bits per heavy atom. The summed E-state index contributed by atoms with van der Waals surface area (Å²) in [6.45, 7) is 7.22. The number of rotatable bonds is 9. The van der Waals surface area contributed by atoms with Crippen molar-refractivity contribution in [2.75, 3.05) is 45.9 Å². The SMILES string of the molecule is Cc1cnc(C(=O)N(CCC(=O)NCc2ccccn2)CC[NH+]2CCOCC2)cn1. The number of amides is 2. The van der Waals surface area contributed by atoms with Crippen LogP contribution in [0.1, 0.15) is 28.3 Å². The standard InChI is InChI=1S/C21H28N6O3/c1-17-14-24-19(16-23-17)21(29)27(9-8-26-10-12-30-13-11-26)7-5-20(28)25-15-18-4-2-3-6-22-18/h2-4,6,14,16H,5,7-13,15H2,1H3,(H,25,28)/p+1. The highest BCUT2D eigenvalue weighted by molar-refractivity contribution is 5.92. The summed E-state index contributed by atoms with van der Waals surface area (Å²) < 4.78 is 5.40. The van der Waals surface area contributed by atoms with Crippen molar-refractivity contribution in [3.05, 3.63) is 53.9 Å². The van der Waals surface area contributed by atoms with Crippen molar-refractivity contribution < 1.29 is 19.2 Å². The van der Waals surface area contributed by atoms with Crippen molar-refractivity contribution in [3.63, 3.8) is 0 Å². The van der Waals surface area contributed by atoms with E-state index in [-0.39, 0.29) is 18.2 Å². The second-order valence-corrected chi connectivity index (χ2v) is 7.30. The van der Waals surface area contributed by atoms with E-state index in [0.29, 0.717) is 25.3 Å². The Morgan fingerprint density at radius 3 is 2.67 bits per heavy atom. The largest absolute Gasteiger partial charge is 0.370 e. The Labute approximate surface area is 176 Å². The summed E-state index contributed by atoms with van der Waals surface area (Å²) in [6.07, 6.45) is 4.99. The molecule has 1 fully saturated rings. The highest BCUT2D eigenvalue weighted by Crippen LogP contribution is 2.03. The van der Waals surface area contributed by atoms with Gasteiger partial charge in [0.05, 0.1) is 50.4 Å². The average molecular weight is 414 g/mol. The van der Waals surface area contributed by atoms with E-state index in [1.165, 1.54) is 11.1 Å². The number of nitrogens with one attached hydrogen (secondary N) is 2. The van der Waals surface area contributed by atoms with Gasteiger partial charge < -0.3 is 19.9 Å². The molecule has 9 nitrogen and oxygen atoms in total. The Morgan fingerprint density at radius 1 is 1.13 bits per heavy atom. The lowest BCUT2D eigenvalue weighted by atomic mass is 10.2. The Hall–Kier alpha value is -2.91. The third-order valence-corrected chi connectivity index (χ3v) is 5.02. The first kappa shape index (κ1) is 21.8. The second kappa shape index (κ2) is 11.3. The van der Waals surface area contributed by atoms with E-state index in [0.717, 1.165) is 44.2 Å². The number of hydrogen-bond acceptors (Lipinski definition) is 6. The summed E-state index contributed by atoms with van der Waals surface area (Å²) >= 11 is 0. The fourth-order valence-corrected chi connectivity index (χ4v) is 3.20. The zero-order chi connectivity index (χ0) is 21.2. The normalized spacial score (nSPS) is 14.3. The second-order valence-electron chi connectivity index (χ2n) is 7.30. The molecule has 0 saturated carbocycles. The fourth-order valence-electron chi connectivity index (χ4n) is 3.20. The minimum Gasteiger partial charge on any atom is -0.370 e. The highest BCUT2D eigenvalue weighted by Gasteiger charge is 2.21. The maximum absolute atomic E-state index is 13.0. The number of aryl methyl sites for hydroxylation is 1. The van der Waals surface area contributed by atoms with E-state index in [4.69, 9.17) is 4.74 Å². The van der Waals surface area contributed by atoms with Crippen molar-refractivity contribution in [1.82, 2.24) is 25.2 Å². The lowest BCUT2D eigenvalue weighted by Crippen LogP contribution is -3.14. The molecule has 1 aliphatic rings. The summed E-state index contributed by atoms with van der Waals surface area (Å²) in [6, 6.07) is 5.57. The summed E-state index contributed by atoms with van der Waals surface area (Å²) in [5, 5.41) is 2.86. The summed E-state index contributed by atoms with van der Waals surface area (Å²) in [7, 11) is 0. The molecule has 2 aromatic rings. The Balaban J connectivity index is 1.55. The molecule has 3 heterocycles. The van der Waals surface area contributed by atoms with Gasteiger partial charge in [0, 0.05) is 25.4 Å². The van der Waals surface area contributed by atoms with Crippen molar-refractivity contribution in [2.24, 2.45) is 0 Å². The first-order chi connectivity index (χ1) is 14.6. The topological polar surface area (TPSA) is 102 Å². The van der Waals surface area contributed by atoms with E-state index in [1.807, 2.05) is 25.1 Å². The molecule has 1 aliphatic heterocycles. The molecule has 2 aromatic heterocycles. The van der Waals surface area contributed by atoms with Gasteiger partial charge in [0.2, 0.25) is 5.91 Å². The fraction of sp³-hybridized carbons (Fsp3) is 0.476. The summed E-state index contributed by atoms with van der Waals surface area (Å²) in [5.74, 6) is -0.320. The number of ether oxygens (including phenoxy) is 1. The number of nitrogens with zero attached hydrogens (tertiary/aromatic N) is 4. The number of pyridine rings is 1. The Bertz CT molecular complexity index is 809. The molecule has 0 unspecified atom stereocenters. The maximum atomic E-state index is 13.0. The molecular formula is C21H29N6O3+. The van der Waals surface area contributed by atoms with Crippen LogP contribution in [-0.4, -0.2) is 77.6 Å². The van der Waals surface area contributed by atoms with Crippen LogP contribution in [0, 0.1) is 6.92 Å². The third-order valence-electron chi connectivity index (χ3n) is 5.02. The number of carbonyl (C=O) groups excluding carboxylic acids is 2. The maximum Gasteiger partial charge on any atom is 0.274 e. The molecule has 30 heavy (non-hydrogen) atoms. The summed E-state index contributed by atoms with van der Waals surface area (Å²) in [5.41, 5.74) is 1.85. The van der Waals surface area contributed by atoms with Crippen molar-refractivity contribution >= 4 is 11.8 Å². The smallest absolute Gasteiger partial charge is 0.274 e. The molecule has 0 atom stereocenters. The quantitative estimate of drug-likeness (QED) is 0.561. The molecule has 0 aliphatic carbocycles. The number of aromatic nitrogens is 3. The molecule has 0 aromatic carbocycles. The minimum atomic E-state index is -0.201. The van der Waals surface area contributed by atoms with Gasteiger partial charge in [0.25, 0.3) is 5.91 Å². The zero-order valence-corrected chi connectivity index (χ0v) is 17.3. The van der Waals surface area contributed by atoms with Crippen molar-refractivity contribution in [2.45, 2.75) is 19.9 Å². The predicted octanol–water partition coefficient (Wildman–Crippen LogP) is -0.756. The van der Waals surface area contributed by atoms with E-state index in [9.17, 15) is 9.59 Å².